The fraction of sp³-hybridized carbons (Fsp3) is 0.429. The Morgan fingerprint density at radius 3 is 3.13 bits per heavy atom. The number of nitrogens with two attached hydrogens (primary N) is 1. The molecule has 1 unspecified atom stereocenters. The second-order valence-corrected chi connectivity index (χ2v) is 3.03. The van der Waals surface area contributed by atoms with Gasteiger partial charge in [0.15, 0.2) is 5.69 Å². The maximum Gasteiger partial charge on any atom is 0.273 e. The van der Waals surface area contributed by atoms with Crippen LogP contribution in [0.5, 0.6) is 0 Å². The predicted molar refractivity (Wildman–Crippen MR) is 51.3 cm³/mol. The number of oxime groups is 1. The zero-order valence-corrected chi connectivity index (χ0v) is 8.14. The van der Waals surface area contributed by atoms with Gasteiger partial charge in [0.05, 0.1) is 6.20 Å². The molecule has 0 radical (unpaired) electrons. The highest BCUT2D eigenvalue weighted by Gasteiger charge is 2.12. The van der Waals surface area contributed by atoms with Crippen molar-refractivity contribution in [3.63, 3.8) is 0 Å². The van der Waals surface area contributed by atoms with E-state index in [0.29, 0.717) is 0 Å². The Morgan fingerprint density at radius 1 is 1.87 bits per heavy atom. The van der Waals surface area contributed by atoms with Crippen LogP contribution < -0.4 is 11.1 Å². The summed E-state index contributed by atoms with van der Waals surface area (Å²) in [6.07, 6.45) is 1.58. The van der Waals surface area contributed by atoms with Crippen molar-refractivity contribution in [3.05, 3.63) is 11.9 Å². The minimum Gasteiger partial charge on any atom is -0.409 e. The second kappa shape index (κ2) is 4.94. The lowest BCUT2D eigenvalue weighted by Crippen LogP contribution is -2.36. The number of amidine groups is 1. The Labute approximate surface area is 85.5 Å². The molecule has 15 heavy (non-hydrogen) atoms. The van der Waals surface area contributed by atoms with Gasteiger partial charge in [0.2, 0.25) is 0 Å². The first kappa shape index (κ1) is 11.0. The number of H-pyrrole nitrogens is 1. The number of rotatable bonds is 4. The lowest BCUT2D eigenvalue weighted by molar-refractivity contribution is 0.0936. The van der Waals surface area contributed by atoms with Crippen molar-refractivity contribution in [2.45, 2.75) is 19.4 Å². The molecule has 0 saturated heterocycles. The molecule has 1 rings (SSSR count). The van der Waals surface area contributed by atoms with Crippen molar-refractivity contribution in [2.75, 3.05) is 0 Å². The summed E-state index contributed by atoms with van der Waals surface area (Å²) in [4.78, 5) is 11.4. The number of aromatic amines is 1. The van der Waals surface area contributed by atoms with Gasteiger partial charge in [-0.25, -0.2) is 0 Å². The van der Waals surface area contributed by atoms with Crippen LogP contribution in [0.4, 0.5) is 0 Å². The van der Waals surface area contributed by atoms with Gasteiger partial charge in [0, 0.05) is 12.5 Å². The fourth-order valence-electron chi connectivity index (χ4n) is 1.01. The van der Waals surface area contributed by atoms with Gasteiger partial charge >= 0.3 is 0 Å². The molecule has 1 aromatic rings. The summed E-state index contributed by atoms with van der Waals surface area (Å²) in [5.74, 6) is -0.301. The molecule has 8 nitrogen and oxygen atoms in total. The largest absolute Gasteiger partial charge is 0.409 e. The number of hydrogen-bond donors (Lipinski definition) is 4. The van der Waals surface area contributed by atoms with Crippen LogP contribution in [0.15, 0.2) is 11.4 Å². The molecule has 0 saturated carbocycles. The van der Waals surface area contributed by atoms with E-state index in [0.717, 1.165) is 0 Å². The van der Waals surface area contributed by atoms with E-state index in [4.69, 9.17) is 10.9 Å². The van der Waals surface area contributed by atoms with Crippen LogP contribution in [0.3, 0.4) is 0 Å². The third-order valence-electron chi connectivity index (χ3n) is 1.67. The normalized spacial score (nSPS) is 13.5. The molecule has 82 valence electrons. The molecule has 1 aromatic heterocycles. The molecule has 0 aliphatic rings. The fourth-order valence-corrected chi connectivity index (χ4v) is 1.01. The van der Waals surface area contributed by atoms with Crippen LogP contribution >= 0.6 is 0 Å². The Bertz CT molecular complexity index is 346. The number of carbonyl (C=O) groups excluding carboxylic acids is 1. The zero-order valence-electron chi connectivity index (χ0n) is 8.14. The van der Waals surface area contributed by atoms with Crippen LogP contribution in [-0.4, -0.2) is 38.4 Å². The summed E-state index contributed by atoms with van der Waals surface area (Å²) in [7, 11) is 0. The SMILES string of the molecule is CC(CC(N)=NO)NC(=O)c1cn[nH]n1. The number of nitrogens with zero attached hydrogens (tertiary/aromatic N) is 3. The Hall–Kier alpha value is -2.12. The van der Waals surface area contributed by atoms with Crippen molar-refractivity contribution >= 4 is 11.7 Å². The van der Waals surface area contributed by atoms with Gasteiger partial charge in [-0.2, -0.15) is 15.4 Å². The third kappa shape index (κ3) is 3.25. The van der Waals surface area contributed by atoms with E-state index in [-0.39, 0.29) is 29.9 Å². The molecule has 0 aliphatic carbocycles. The average molecular weight is 212 g/mol. The van der Waals surface area contributed by atoms with Crippen molar-refractivity contribution in [1.29, 1.82) is 0 Å². The van der Waals surface area contributed by atoms with Gasteiger partial charge < -0.3 is 16.3 Å². The molecule has 1 amide bonds. The number of nitrogens with one attached hydrogen (secondary N) is 2. The Kier molecular flexibility index (Phi) is 3.61. The van der Waals surface area contributed by atoms with Crippen LogP contribution in [0.1, 0.15) is 23.8 Å². The minimum absolute atomic E-state index is 0.0583. The van der Waals surface area contributed by atoms with Crippen molar-refractivity contribution < 1.29 is 10.0 Å². The van der Waals surface area contributed by atoms with E-state index < -0.39 is 0 Å². The molecule has 0 spiro atoms. The molecule has 1 heterocycles. The quantitative estimate of drug-likeness (QED) is 0.221. The van der Waals surface area contributed by atoms with Crippen molar-refractivity contribution in [3.8, 4) is 0 Å². The van der Waals surface area contributed by atoms with Gasteiger partial charge in [-0.05, 0) is 6.92 Å². The molecule has 0 bridgehead atoms. The van der Waals surface area contributed by atoms with E-state index in [2.05, 4.69) is 25.9 Å². The van der Waals surface area contributed by atoms with Crippen LogP contribution in [0.2, 0.25) is 0 Å². The van der Waals surface area contributed by atoms with E-state index in [1.54, 1.807) is 6.92 Å². The predicted octanol–water partition coefficient (Wildman–Crippen LogP) is -0.940. The standard InChI is InChI=1S/C7H12N6O2/c1-4(2-6(8)12-15)10-7(14)5-3-9-13-11-5/h3-4,15H,2H2,1H3,(H2,8,12)(H,10,14)(H,9,11,13). The summed E-state index contributed by atoms with van der Waals surface area (Å²) in [6.45, 7) is 1.73. The Morgan fingerprint density at radius 2 is 2.60 bits per heavy atom. The smallest absolute Gasteiger partial charge is 0.273 e. The number of hydrogen-bond acceptors (Lipinski definition) is 5. The number of amides is 1. The number of aromatic nitrogens is 3. The van der Waals surface area contributed by atoms with Crippen molar-refractivity contribution in [2.24, 2.45) is 10.9 Å². The van der Waals surface area contributed by atoms with Gasteiger partial charge in [0.25, 0.3) is 5.91 Å². The topological polar surface area (TPSA) is 129 Å². The third-order valence-corrected chi connectivity index (χ3v) is 1.67. The molecule has 5 N–H and O–H groups in total. The van der Waals surface area contributed by atoms with E-state index >= 15 is 0 Å². The molecule has 0 fully saturated rings. The van der Waals surface area contributed by atoms with Gasteiger partial charge in [-0.3, -0.25) is 4.79 Å². The van der Waals surface area contributed by atoms with Gasteiger partial charge in [-0.15, -0.1) is 0 Å². The summed E-state index contributed by atoms with van der Waals surface area (Å²) in [5.41, 5.74) is 5.48. The Balaban J connectivity index is 2.45. The summed E-state index contributed by atoms with van der Waals surface area (Å²) >= 11 is 0. The zero-order chi connectivity index (χ0) is 11.3. The lowest BCUT2D eigenvalue weighted by atomic mass is 10.2. The summed E-state index contributed by atoms with van der Waals surface area (Å²) < 4.78 is 0. The van der Waals surface area contributed by atoms with E-state index in [1.807, 2.05) is 0 Å². The van der Waals surface area contributed by atoms with Crippen LogP contribution in [0, 0.1) is 0 Å². The highest BCUT2D eigenvalue weighted by Crippen LogP contribution is 1.94. The summed E-state index contributed by atoms with van der Waals surface area (Å²) in [6, 6.07) is -0.245. The minimum atomic E-state index is -0.359. The highest BCUT2D eigenvalue weighted by molar-refractivity contribution is 5.92. The lowest BCUT2D eigenvalue weighted by Gasteiger charge is -2.11. The molecular formula is C7H12N6O2. The second-order valence-electron chi connectivity index (χ2n) is 3.03. The molecule has 8 heteroatoms. The molecule has 1 atom stereocenters. The van der Waals surface area contributed by atoms with Crippen molar-refractivity contribution in [1.82, 2.24) is 20.7 Å². The maximum absolute atomic E-state index is 11.4. The first-order valence-corrected chi connectivity index (χ1v) is 4.26. The maximum atomic E-state index is 11.4. The average Bonchev–Trinajstić information content (AvgIpc) is 2.70. The van der Waals surface area contributed by atoms with E-state index in [9.17, 15) is 4.79 Å². The van der Waals surface area contributed by atoms with Gasteiger partial charge in [0.1, 0.15) is 5.84 Å². The molecule has 0 aliphatic heterocycles. The molecular weight excluding hydrogens is 200 g/mol. The number of carbonyl (C=O) groups is 1. The first-order valence-electron chi connectivity index (χ1n) is 4.26. The van der Waals surface area contributed by atoms with E-state index in [1.165, 1.54) is 6.20 Å². The van der Waals surface area contributed by atoms with Crippen LogP contribution in [-0.2, 0) is 0 Å². The first-order chi connectivity index (χ1) is 7.13. The highest BCUT2D eigenvalue weighted by atomic mass is 16.4. The van der Waals surface area contributed by atoms with Crippen LogP contribution in [0.25, 0.3) is 0 Å². The molecule has 0 aromatic carbocycles. The summed E-state index contributed by atoms with van der Waals surface area (Å²) in [5, 5.41) is 23.2. The monoisotopic (exact) mass is 212 g/mol. The van der Waals surface area contributed by atoms with Gasteiger partial charge in [-0.1, -0.05) is 5.16 Å².